The van der Waals surface area contributed by atoms with Crippen LogP contribution in [0.1, 0.15) is 15.9 Å². The molecule has 0 aliphatic heterocycles. The van der Waals surface area contributed by atoms with Gasteiger partial charge in [-0.1, -0.05) is 6.07 Å². The van der Waals surface area contributed by atoms with Crippen molar-refractivity contribution in [2.75, 3.05) is 11.1 Å². The lowest BCUT2D eigenvalue weighted by Crippen LogP contribution is -2.14. The fraction of sp³-hybridized carbons (Fsp3) is 0.0714. The lowest BCUT2D eigenvalue weighted by molar-refractivity contribution is 0.102. The van der Waals surface area contributed by atoms with E-state index in [2.05, 4.69) is 5.32 Å². The molecule has 0 fully saturated rings. The number of rotatable bonds is 2. The SMILES string of the molecule is Cc1cc(C(=O)Nc2c(F)cccc2F)ccc1N. The Bertz CT molecular complexity index is 621. The van der Waals surface area contributed by atoms with Crippen molar-refractivity contribution < 1.29 is 13.6 Å². The number of hydrogen-bond acceptors (Lipinski definition) is 2. The number of benzene rings is 2. The highest BCUT2D eigenvalue weighted by Gasteiger charge is 2.13. The Morgan fingerprint density at radius 1 is 1.16 bits per heavy atom. The lowest BCUT2D eigenvalue weighted by atomic mass is 10.1. The third kappa shape index (κ3) is 2.70. The summed E-state index contributed by atoms with van der Waals surface area (Å²) in [4.78, 5) is 11.9. The predicted molar refractivity (Wildman–Crippen MR) is 69.9 cm³/mol. The summed E-state index contributed by atoms with van der Waals surface area (Å²) >= 11 is 0. The molecule has 0 saturated heterocycles. The van der Waals surface area contributed by atoms with Gasteiger partial charge in [0, 0.05) is 11.3 Å². The van der Waals surface area contributed by atoms with Crippen LogP contribution in [0.4, 0.5) is 20.2 Å². The maximum absolute atomic E-state index is 13.4. The molecule has 0 aliphatic rings. The van der Waals surface area contributed by atoms with Gasteiger partial charge in [-0.05, 0) is 42.8 Å². The second-order valence-electron chi connectivity index (χ2n) is 4.12. The second-order valence-corrected chi connectivity index (χ2v) is 4.12. The van der Waals surface area contributed by atoms with Gasteiger partial charge in [0.25, 0.3) is 5.91 Å². The predicted octanol–water partition coefficient (Wildman–Crippen LogP) is 3.11. The van der Waals surface area contributed by atoms with Crippen LogP contribution in [0.2, 0.25) is 0 Å². The van der Waals surface area contributed by atoms with Crippen molar-refractivity contribution in [1.82, 2.24) is 0 Å². The number of halogens is 2. The topological polar surface area (TPSA) is 55.1 Å². The molecular formula is C14H12F2N2O. The zero-order valence-electron chi connectivity index (χ0n) is 10.2. The quantitative estimate of drug-likeness (QED) is 0.817. The Morgan fingerprint density at radius 3 is 2.37 bits per heavy atom. The fourth-order valence-electron chi connectivity index (χ4n) is 1.62. The fourth-order valence-corrected chi connectivity index (χ4v) is 1.62. The summed E-state index contributed by atoms with van der Waals surface area (Å²) in [6.45, 7) is 1.75. The first-order chi connectivity index (χ1) is 8.99. The molecule has 2 aromatic rings. The molecule has 0 unspecified atom stereocenters. The van der Waals surface area contributed by atoms with Crippen molar-refractivity contribution in [3.05, 3.63) is 59.2 Å². The average molecular weight is 262 g/mol. The molecule has 19 heavy (non-hydrogen) atoms. The molecule has 5 heteroatoms. The van der Waals surface area contributed by atoms with E-state index >= 15 is 0 Å². The van der Waals surface area contributed by atoms with Crippen LogP contribution in [-0.2, 0) is 0 Å². The zero-order valence-corrected chi connectivity index (χ0v) is 10.2. The van der Waals surface area contributed by atoms with Gasteiger partial charge in [0.1, 0.15) is 17.3 Å². The van der Waals surface area contributed by atoms with E-state index in [4.69, 9.17) is 5.73 Å². The molecule has 0 aromatic heterocycles. The van der Waals surface area contributed by atoms with Gasteiger partial charge in [0.2, 0.25) is 0 Å². The molecule has 3 N–H and O–H groups in total. The Kier molecular flexibility index (Phi) is 3.46. The standard InChI is InChI=1S/C14H12F2N2O/c1-8-7-9(5-6-12(8)17)14(19)18-13-10(15)3-2-4-11(13)16/h2-7H,17H2,1H3,(H,18,19). The van der Waals surface area contributed by atoms with Crippen LogP contribution >= 0.6 is 0 Å². The van der Waals surface area contributed by atoms with Crippen LogP contribution in [0.25, 0.3) is 0 Å². The third-order valence-electron chi connectivity index (χ3n) is 2.73. The minimum absolute atomic E-state index is 0.286. The van der Waals surface area contributed by atoms with Crippen LogP contribution in [0.5, 0.6) is 0 Å². The largest absolute Gasteiger partial charge is 0.399 e. The number of nitrogens with two attached hydrogens (primary N) is 1. The molecule has 1 amide bonds. The zero-order chi connectivity index (χ0) is 14.0. The molecule has 2 rings (SSSR count). The minimum atomic E-state index is -0.819. The number of nitrogen functional groups attached to an aromatic ring is 1. The van der Waals surface area contributed by atoms with Crippen molar-refractivity contribution in [3.63, 3.8) is 0 Å². The molecule has 0 aliphatic carbocycles. The van der Waals surface area contributed by atoms with Gasteiger partial charge in [-0.25, -0.2) is 8.78 Å². The summed E-state index contributed by atoms with van der Waals surface area (Å²) in [5.41, 5.74) is 6.74. The summed E-state index contributed by atoms with van der Waals surface area (Å²) < 4.78 is 26.8. The Labute approximate surface area is 109 Å². The number of nitrogens with one attached hydrogen (secondary N) is 1. The first-order valence-corrected chi connectivity index (χ1v) is 5.60. The van der Waals surface area contributed by atoms with Crippen LogP contribution < -0.4 is 11.1 Å². The smallest absolute Gasteiger partial charge is 0.255 e. The number of hydrogen-bond donors (Lipinski definition) is 2. The van der Waals surface area contributed by atoms with E-state index in [1.807, 2.05) is 0 Å². The number of aryl methyl sites for hydroxylation is 1. The summed E-state index contributed by atoms with van der Waals surface area (Å²) in [7, 11) is 0. The summed E-state index contributed by atoms with van der Waals surface area (Å²) in [5.74, 6) is -2.23. The molecule has 0 saturated carbocycles. The van der Waals surface area contributed by atoms with Crippen molar-refractivity contribution in [1.29, 1.82) is 0 Å². The second kappa shape index (κ2) is 5.06. The Hall–Kier alpha value is -2.43. The minimum Gasteiger partial charge on any atom is -0.399 e. The molecule has 98 valence electrons. The number of anilines is 2. The summed E-state index contributed by atoms with van der Waals surface area (Å²) in [5, 5.41) is 2.21. The Morgan fingerprint density at radius 2 is 1.79 bits per heavy atom. The molecule has 0 spiro atoms. The van der Waals surface area contributed by atoms with Crippen molar-refractivity contribution in [2.45, 2.75) is 6.92 Å². The maximum Gasteiger partial charge on any atom is 0.255 e. The molecule has 0 bridgehead atoms. The van der Waals surface area contributed by atoms with Gasteiger partial charge in [0.15, 0.2) is 0 Å². The van der Waals surface area contributed by atoms with E-state index < -0.39 is 23.2 Å². The first kappa shape index (κ1) is 13.0. The van der Waals surface area contributed by atoms with Gasteiger partial charge in [-0.15, -0.1) is 0 Å². The van der Waals surface area contributed by atoms with Gasteiger partial charge in [-0.3, -0.25) is 4.79 Å². The molecular weight excluding hydrogens is 250 g/mol. The average Bonchev–Trinajstić information content (AvgIpc) is 2.37. The highest BCUT2D eigenvalue weighted by Crippen LogP contribution is 2.20. The van der Waals surface area contributed by atoms with Crippen molar-refractivity contribution in [3.8, 4) is 0 Å². The highest BCUT2D eigenvalue weighted by atomic mass is 19.1. The van der Waals surface area contributed by atoms with E-state index in [1.165, 1.54) is 12.1 Å². The van der Waals surface area contributed by atoms with E-state index in [9.17, 15) is 13.6 Å². The first-order valence-electron chi connectivity index (χ1n) is 5.60. The van der Waals surface area contributed by atoms with Crippen LogP contribution in [0, 0.1) is 18.6 Å². The molecule has 0 radical (unpaired) electrons. The summed E-state index contributed by atoms with van der Waals surface area (Å²) in [6, 6.07) is 8.01. The molecule has 0 atom stereocenters. The van der Waals surface area contributed by atoms with Gasteiger partial charge < -0.3 is 11.1 Å². The van der Waals surface area contributed by atoms with Gasteiger partial charge >= 0.3 is 0 Å². The van der Waals surface area contributed by atoms with E-state index in [0.29, 0.717) is 5.69 Å². The number of amides is 1. The third-order valence-corrected chi connectivity index (χ3v) is 2.73. The highest BCUT2D eigenvalue weighted by molar-refractivity contribution is 6.04. The van der Waals surface area contributed by atoms with Crippen LogP contribution in [-0.4, -0.2) is 5.91 Å². The monoisotopic (exact) mass is 262 g/mol. The lowest BCUT2D eigenvalue weighted by Gasteiger charge is -2.08. The number of para-hydroxylation sites is 1. The van der Waals surface area contributed by atoms with Crippen molar-refractivity contribution in [2.24, 2.45) is 0 Å². The normalized spacial score (nSPS) is 10.3. The summed E-state index contributed by atoms with van der Waals surface area (Å²) in [6.07, 6.45) is 0. The molecule has 2 aromatic carbocycles. The Balaban J connectivity index is 2.28. The molecule has 3 nitrogen and oxygen atoms in total. The van der Waals surface area contributed by atoms with E-state index in [1.54, 1.807) is 19.1 Å². The van der Waals surface area contributed by atoms with E-state index in [0.717, 1.165) is 17.7 Å². The maximum atomic E-state index is 13.4. The van der Waals surface area contributed by atoms with Gasteiger partial charge in [-0.2, -0.15) is 0 Å². The van der Waals surface area contributed by atoms with Crippen LogP contribution in [0.15, 0.2) is 36.4 Å². The van der Waals surface area contributed by atoms with Crippen molar-refractivity contribution >= 4 is 17.3 Å². The van der Waals surface area contributed by atoms with Gasteiger partial charge in [0.05, 0.1) is 0 Å². The number of carbonyl (C=O) groups excluding carboxylic acids is 1. The molecule has 0 heterocycles. The number of carbonyl (C=O) groups is 1. The van der Waals surface area contributed by atoms with Crippen LogP contribution in [0.3, 0.4) is 0 Å². The van der Waals surface area contributed by atoms with E-state index in [-0.39, 0.29) is 5.56 Å².